The van der Waals surface area contributed by atoms with Gasteiger partial charge in [0, 0.05) is 6.07 Å². The third kappa shape index (κ3) is 2.02. The van der Waals surface area contributed by atoms with E-state index in [1.807, 2.05) is 0 Å². The van der Waals surface area contributed by atoms with Crippen LogP contribution in [0.15, 0.2) is 39.7 Å². The highest BCUT2D eigenvalue weighted by molar-refractivity contribution is 5.85. The summed E-state index contributed by atoms with van der Waals surface area (Å²) < 4.78 is 21.4. The standard InChI is InChI=1S/C17H12O7/c1-21-14-2-8(3-15-17(14)24-7-23-15)10-6-22-13-5-12(19)11(18)4-9(13)16(10)20/h2-6,18-19H,7H2,1H3. The summed E-state index contributed by atoms with van der Waals surface area (Å²) in [6.45, 7) is 0.0780. The number of aromatic hydroxyl groups is 2. The zero-order valence-electron chi connectivity index (χ0n) is 12.5. The van der Waals surface area contributed by atoms with E-state index < -0.39 is 5.75 Å². The average Bonchev–Trinajstić information content (AvgIpc) is 3.04. The summed E-state index contributed by atoms with van der Waals surface area (Å²) >= 11 is 0. The van der Waals surface area contributed by atoms with Crippen LogP contribution >= 0.6 is 0 Å². The van der Waals surface area contributed by atoms with Gasteiger partial charge in [-0.2, -0.15) is 0 Å². The SMILES string of the molecule is COc1cc(-c2coc3cc(O)c(O)cc3c2=O)cc2c1OCO2. The summed E-state index contributed by atoms with van der Waals surface area (Å²) in [5.41, 5.74) is 0.614. The monoisotopic (exact) mass is 328 g/mol. The minimum absolute atomic E-state index is 0.0780. The Morgan fingerprint density at radius 2 is 1.88 bits per heavy atom. The fourth-order valence-electron chi connectivity index (χ4n) is 2.64. The van der Waals surface area contributed by atoms with Gasteiger partial charge in [0.05, 0.1) is 18.1 Å². The van der Waals surface area contributed by atoms with E-state index in [1.54, 1.807) is 12.1 Å². The summed E-state index contributed by atoms with van der Waals surface area (Å²) in [5.74, 6) is 0.637. The van der Waals surface area contributed by atoms with Crippen LogP contribution in [0.3, 0.4) is 0 Å². The molecule has 122 valence electrons. The minimum atomic E-state index is -0.393. The lowest BCUT2D eigenvalue weighted by atomic mass is 10.0. The first-order chi connectivity index (χ1) is 11.6. The van der Waals surface area contributed by atoms with Crippen molar-refractivity contribution in [2.24, 2.45) is 0 Å². The van der Waals surface area contributed by atoms with E-state index in [0.29, 0.717) is 22.8 Å². The number of hydrogen-bond acceptors (Lipinski definition) is 7. The van der Waals surface area contributed by atoms with Crippen molar-refractivity contribution in [1.29, 1.82) is 0 Å². The second kappa shape index (κ2) is 5.09. The minimum Gasteiger partial charge on any atom is -0.504 e. The molecule has 0 atom stereocenters. The molecule has 3 aromatic rings. The van der Waals surface area contributed by atoms with E-state index >= 15 is 0 Å². The second-order valence-electron chi connectivity index (χ2n) is 5.23. The van der Waals surface area contributed by atoms with E-state index in [-0.39, 0.29) is 34.5 Å². The van der Waals surface area contributed by atoms with Crippen molar-refractivity contribution >= 4 is 11.0 Å². The van der Waals surface area contributed by atoms with Crippen LogP contribution in [-0.4, -0.2) is 24.1 Å². The zero-order valence-corrected chi connectivity index (χ0v) is 12.5. The van der Waals surface area contributed by atoms with Gasteiger partial charge in [-0.05, 0) is 23.8 Å². The third-order valence-electron chi connectivity index (χ3n) is 3.84. The highest BCUT2D eigenvalue weighted by Crippen LogP contribution is 2.44. The summed E-state index contributed by atoms with van der Waals surface area (Å²) in [4.78, 5) is 12.7. The second-order valence-corrected chi connectivity index (χ2v) is 5.23. The molecule has 4 rings (SSSR count). The van der Waals surface area contributed by atoms with Crippen molar-refractivity contribution in [3.05, 3.63) is 40.8 Å². The van der Waals surface area contributed by atoms with Crippen LogP contribution in [-0.2, 0) is 0 Å². The van der Waals surface area contributed by atoms with E-state index in [9.17, 15) is 15.0 Å². The van der Waals surface area contributed by atoms with Gasteiger partial charge in [-0.25, -0.2) is 0 Å². The highest BCUT2D eigenvalue weighted by atomic mass is 16.7. The zero-order chi connectivity index (χ0) is 16.8. The highest BCUT2D eigenvalue weighted by Gasteiger charge is 2.22. The van der Waals surface area contributed by atoms with E-state index in [2.05, 4.69) is 0 Å². The first kappa shape index (κ1) is 14.3. The molecule has 1 aliphatic rings. The lowest BCUT2D eigenvalue weighted by molar-refractivity contribution is 0.171. The number of methoxy groups -OCH3 is 1. The van der Waals surface area contributed by atoms with Gasteiger partial charge in [0.25, 0.3) is 0 Å². The molecule has 7 nitrogen and oxygen atoms in total. The van der Waals surface area contributed by atoms with Gasteiger partial charge in [0.2, 0.25) is 18.0 Å². The molecule has 2 N–H and O–H groups in total. The predicted octanol–water partition coefficient (Wildman–Crippen LogP) is 2.61. The Bertz CT molecular complexity index is 1020. The maximum absolute atomic E-state index is 12.7. The van der Waals surface area contributed by atoms with Crippen molar-refractivity contribution in [3.8, 4) is 39.9 Å². The molecule has 2 aromatic carbocycles. The van der Waals surface area contributed by atoms with Crippen LogP contribution in [0.1, 0.15) is 0 Å². The Labute approximate surface area is 135 Å². The normalized spacial score (nSPS) is 12.5. The van der Waals surface area contributed by atoms with Crippen molar-refractivity contribution < 1.29 is 28.8 Å². The number of benzene rings is 2. The molecule has 0 bridgehead atoms. The van der Waals surface area contributed by atoms with E-state index in [1.165, 1.54) is 25.5 Å². The summed E-state index contributed by atoms with van der Waals surface area (Å²) in [7, 11) is 1.49. The Balaban J connectivity index is 1.96. The molecule has 1 aromatic heterocycles. The van der Waals surface area contributed by atoms with Crippen molar-refractivity contribution in [2.45, 2.75) is 0 Å². The molecule has 7 heteroatoms. The topological polar surface area (TPSA) is 98.4 Å². The Hall–Kier alpha value is -3.35. The molecular weight excluding hydrogens is 316 g/mol. The molecule has 0 saturated heterocycles. The van der Waals surface area contributed by atoms with Gasteiger partial charge in [0.1, 0.15) is 11.8 Å². The number of phenolic OH excluding ortho intramolecular Hbond substituents is 2. The van der Waals surface area contributed by atoms with Crippen LogP contribution in [0, 0.1) is 0 Å². The molecule has 0 unspecified atom stereocenters. The Morgan fingerprint density at radius 1 is 1.08 bits per heavy atom. The molecule has 0 radical (unpaired) electrons. The van der Waals surface area contributed by atoms with Crippen molar-refractivity contribution in [2.75, 3.05) is 13.9 Å². The lowest BCUT2D eigenvalue weighted by Crippen LogP contribution is -2.05. The maximum atomic E-state index is 12.7. The lowest BCUT2D eigenvalue weighted by Gasteiger charge is -2.08. The molecule has 0 amide bonds. The largest absolute Gasteiger partial charge is 0.504 e. The number of ether oxygens (including phenoxy) is 3. The molecule has 2 heterocycles. The van der Waals surface area contributed by atoms with Gasteiger partial charge in [-0.1, -0.05) is 0 Å². The molecular formula is C17H12O7. The number of phenols is 2. The van der Waals surface area contributed by atoms with Crippen LogP contribution in [0.5, 0.6) is 28.7 Å². The number of rotatable bonds is 2. The van der Waals surface area contributed by atoms with Gasteiger partial charge in [-0.15, -0.1) is 0 Å². The maximum Gasteiger partial charge on any atom is 0.231 e. The van der Waals surface area contributed by atoms with Crippen LogP contribution in [0.2, 0.25) is 0 Å². The molecule has 24 heavy (non-hydrogen) atoms. The average molecular weight is 328 g/mol. The molecule has 0 aliphatic carbocycles. The van der Waals surface area contributed by atoms with Crippen molar-refractivity contribution in [3.63, 3.8) is 0 Å². The summed E-state index contributed by atoms with van der Waals surface area (Å²) in [5, 5.41) is 19.3. The van der Waals surface area contributed by atoms with E-state index in [0.717, 1.165) is 0 Å². The van der Waals surface area contributed by atoms with E-state index in [4.69, 9.17) is 18.6 Å². The van der Waals surface area contributed by atoms with Crippen LogP contribution < -0.4 is 19.6 Å². The first-order valence-electron chi connectivity index (χ1n) is 7.04. The van der Waals surface area contributed by atoms with Gasteiger partial charge >= 0.3 is 0 Å². The fraction of sp³-hybridized carbons (Fsp3) is 0.118. The summed E-state index contributed by atoms with van der Waals surface area (Å²) in [6, 6.07) is 5.66. The fourth-order valence-corrected chi connectivity index (χ4v) is 2.64. The molecule has 1 aliphatic heterocycles. The van der Waals surface area contributed by atoms with Gasteiger partial charge in [-0.3, -0.25) is 4.79 Å². The third-order valence-corrected chi connectivity index (χ3v) is 3.84. The smallest absolute Gasteiger partial charge is 0.231 e. The van der Waals surface area contributed by atoms with Crippen LogP contribution in [0.4, 0.5) is 0 Å². The quantitative estimate of drug-likeness (QED) is 0.698. The first-order valence-corrected chi connectivity index (χ1v) is 7.04. The Kier molecular flexibility index (Phi) is 3.02. The number of fused-ring (bicyclic) bond motifs is 2. The molecule has 0 fully saturated rings. The van der Waals surface area contributed by atoms with Gasteiger partial charge in [0.15, 0.2) is 23.0 Å². The summed E-state index contributed by atoms with van der Waals surface area (Å²) in [6.07, 6.45) is 1.29. The number of hydrogen-bond donors (Lipinski definition) is 2. The van der Waals surface area contributed by atoms with Crippen LogP contribution in [0.25, 0.3) is 22.1 Å². The predicted molar refractivity (Wildman–Crippen MR) is 83.9 cm³/mol. The Morgan fingerprint density at radius 3 is 2.67 bits per heavy atom. The molecule has 0 spiro atoms. The molecule has 0 saturated carbocycles. The van der Waals surface area contributed by atoms with Crippen molar-refractivity contribution in [1.82, 2.24) is 0 Å². The van der Waals surface area contributed by atoms with Gasteiger partial charge < -0.3 is 28.8 Å².